The highest BCUT2D eigenvalue weighted by molar-refractivity contribution is 9.10. The molecule has 1 saturated carbocycles. The maximum Gasteiger partial charge on any atom is 0.339 e. The van der Waals surface area contributed by atoms with Gasteiger partial charge in [0.05, 0.1) is 18.2 Å². The van der Waals surface area contributed by atoms with Gasteiger partial charge in [-0.15, -0.1) is 0 Å². The van der Waals surface area contributed by atoms with Crippen molar-refractivity contribution < 1.29 is 19.4 Å². The Balaban J connectivity index is 2.01. The first-order valence-electron chi connectivity index (χ1n) is 6.30. The number of aliphatic hydroxyl groups excluding tert-OH is 1. The van der Waals surface area contributed by atoms with Crippen LogP contribution >= 0.6 is 15.9 Å². The molecule has 1 N–H and O–H groups in total. The predicted octanol–water partition coefficient (Wildman–Crippen LogP) is 2.83. The molecule has 0 spiro atoms. The number of aliphatic hydroxyl groups is 1. The molecule has 0 aromatic heterocycles. The third-order valence-electron chi connectivity index (χ3n) is 3.40. The van der Waals surface area contributed by atoms with Gasteiger partial charge in [0.2, 0.25) is 0 Å². The first-order valence-corrected chi connectivity index (χ1v) is 7.09. The Morgan fingerprint density at radius 2 is 2.26 bits per heavy atom. The van der Waals surface area contributed by atoms with Crippen LogP contribution in [0.3, 0.4) is 0 Å². The monoisotopic (exact) mass is 328 g/mol. The predicted molar refractivity (Wildman–Crippen MR) is 74.0 cm³/mol. The largest absolute Gasteiger partial charge is 0.492 e. The van der Waals surface area contributed by atoms with Gasteiger partial charge in [-0.3, -0.25) is 0 Å². The Morgan fingerprint density at radius 3 is 2.79 bits per heavy atom. The minimum absolute atomic E-state index is 0.481. The molecule has 1 unspecified atom stereocenters. The zero-order chi connectivity index (χ0) is 13.8. The number of halogens is 1. The lowest BCUT2D eigenvalue weighted by atomic mass is 9.86. The molecule has 2 rings (SSSR count). The molecule has 1 aliphatic carbocycles. The van der Waals surface area contributed by atoms with E-state index in [1.54, 1.807) is 18.2 Å². The van der Waals surface area contributed by atoms with Crippen LogP contribution in [-0.2, 0) is 9.53 Å². The molecular formula is C14H17BrO4. The van der Waals surface area contributed by atoms with Crippen LogP contribution in [0.15, 0.2) is 22.7 Å². The molecule has 5 heteroatoms. The van der Waals surface area contributed by atoms with Crippen molar-refractivity contribution in [3.8, 4) is 5.75 Å². The standard InChI is InChI=1S/C14H17BrO4/c1-18-14(17)13(16)10-5-6-12(11(15)7-10)19-8-9-3-2-4-9/h5-7,9,13,16H,2-4,8H2,1H3. The normalized spacial score (nSPS) is 16.6. The Bertz CT molecular complexity index is 457. The van der Waals surface area contributed by atoms with Gasteiger partial charge >= 0.3 is 5.97 Å². The summed E-state index contributed by atoms with van der Waals surface area (Å²) in [4.78, 5) is 11.3. The van der Waals surface area contributed by atoms with E-state index in [2.05, 4.69) is 20.7 Å². The minimum atomic E-state index is -1.26. The molecule has 0 saturated heterocycles. The highest BCUT2D eigenvalue weighted by Crippen LogP contribution is 2.31. The Morgan fingerprint density at radius 1 is 1.53 bits per heavy atom. The molecule has 0 heterocycles. The second-order valence-electron chi connectivity index (χ2n) is 4.72. The Labute approximate surface area is 120 Å². The van der Waals surface area contributed by atoms with Crippen molar-refractivity contribution in [2.24, 2.45) is 5.92 Å². The summed E-state index contributed by atoms with van der Waals surface area (Å²) in [5.41, 5.74) is 0.481. The highest BCUT2D eigenvalue weighted by atomic mass is 79.9. The molecule has 4 nitrogen and oxygen atoms in total. The molecule has 1 fully saturated rings. The number of esters is 1. The van der Waals surface area contributed by atoms with E-state index in [9.17, 15) is 9.90 Å². The number of carbonyl (C=O) groups excluding carboxylic acids is 1. The van der Waals surface area contributed by atoms with Crippen LogP contribution in [0.25, 0.3) is 0 Å². The topological polar surface area (TPSA) is 55.8 Å². The summed E-state index contributed by atoms with van der Waals surface area (Å²) in [7, 11) is 1.25. The number of methoxy groups -OCH3 is 1. The minimum Gasteiger partial charge on any atom is -0.492 e. The van der Waals surface area contributed by atoms with E-state index in [0.29, 0.717) is 11.5 Å². The van der Waals surface area contributed by atoms with Crippen molar-refractivity contribution in [2.45, 2.75) is 25.4 Å². The van der Waals surface area contributed by atoms with Crippen LogP contribution in [0.5, 0.6) is 5.75 Å². The first-order chi connectivity index (χ1) is 9.11. The molecule has 0 aliphatic heterocycles. The SMILES string of the molecule is COC(=O)C(O)c1ccc(OCC2CCC2)c(Br)c1. The van der Waals surface area contributed by atoms with Gasteiger partial charge in [-0.1, -0.05) is 12.5 Å². The van der Waals surface area contributed by atoms with Crippen molar-refractivity contribution >= 4 is 21.9 Å². The van der Waals surface area contributed by atoms with E-state index in [-0.39, 0.29) is 0 Å². The van der Waals surface area contributed by atoms with Gasteiger partial charge in [0.15, 0.2) is 6.10 Å². The van der Waals surface area contributed by atoms with Crippen molar-refractivity contribution in [1.29, 1.82) is 0 Å². The van der Waals surface area contributed by atoms with Gasteiger partial charge in [-0.25, -0.2) is 4.79 Å². The zero-order valence-electron chi connectivity index (χ0n) is 10.8. The van der Waals surface area contributed by atoms with Crippen LogP contribution in [-0.4, -0.2) is 24.8 Å². The number of rotatable bonds is 5. The van der Waals surface area contributed by atoms with Crippen molar-refractivity contribution in [3.63, 3.8) is 0 Å². The van der Waals surface area contributed by atoms with Gasteiger partial charge in [-0.2, -0.15) is 0 Å². The summed E-state index contributed by atoms with van der Waals surface area (Å²) in [5, 5.41) is 9.73. The second-order valence-corrected chi connectivity index (χ2v) is 5.58. The smallest absolute Gasteiger partial charge is 0.339 e. The fraction of sp³-hybridized carbons (Fsp3) is 0.500. The summed E-state index contributed by atoms with van der Waals surface area (Å²) >= 11 is 3.39. The number of carbonyl (C=O) groups is 1. The van der Waals surface area contributed by atoms with Crippen LogP contribution in [0, 0.1) is 5.92 Å². The number of hydrogen-bond acceptors (Lipinski definition) is 4. The summed E-state index contributed by atoms with van der Waals surface area (Å²) in [6, 6.07) is 5.10. The number of ether oxygens (including phenoxy) is 2. The maximum absolute atomic E-state index is 11.3. The van der Waals surface area contributed by atoms with Crippen molar-refractivity contribution in [1.82, 2.24) is 0 Å². The van der Waals surface area contributed by atoms with Gasteiger partial charge in [0.25, 0.3) is 0 Å². The van der Waals surface area contributed by atoms with E-state index in [1.807, 2.05) is 0 Å². The Kier molecular flexibility index (Phi) is 4.82. The average molecular weight is 329 g/mol. The fourth-order valence-corrected chi connectivity index (χ4v) is 2.43. The first kappa shape index (κ1) is 14.3. The maximum atomic E-state index is 11.3. The Hall–Kier alpha value is -1.07. The molecular weight excluding hydrogens is 312 g/mol. The van der Waals surface area contributed by atoms with Gasteiger partial charge in [0, 0.05) is 0 Å². The van der Waals surface area contributed by atoms with Crippen molar-refractivity contribution in [3.05, 3.63) is 28.2 Å². The number of benzene rings is 1. The third-order valence-corrected chi connectivity index (χ3v) is 4.02. The van der Waals surface area contributed by atoms with E-state index in [1.165, 1.54) is 26.4 Å². The molecule has 104 valence electrons. The molecule has 0 amide bonds. The lowest BCUT2D eigenvalue weighted by Gasteiger charge is -2.25. The molecule has 1 aromatic rings. The molecule has 0 radical (unpaired) electrons. The van der Waals surface area contributed by atoms with E-state index >= 15 is 0 Å². The summed E-state index contributed by atoms with van der Waals surface area (Å²) < 4.78 is 10.9. The zero-order valence-corrected chi connectivity index (χ0v) is 12.4. The van der Waals surface area contributed by atoms with Crippen LogP contribution in [0.2, 0.25) is 0 Å². The van der Waals surface area contributed by atoms with Crippen LogP contribution in [0.1, 0.15) is 30.9 Å². The average Bonchev–Trinajstić information content (AvgIpc) is 2.36. The fourth-order valence-electron chi connectivity index (χ4n) is 1.92. The van der Waals surface area contributed by atoms with E-state index < -0.39 is 12.1 Å². The summed E-state index contributed by atoms with van der Waals surface area (Å²) in [5.74, 6) is 0.718. The van der Waals surface area contributed by atoms with Gasteiger partial charge in [-0.05, 0) is 52.4 Å². The molecule has 19 heavy (non-hydrogen) atoms. The van der Waals surface area contributed by atoms with E-state index in [0.717, 1.165) is 16.8 Å². The van der Waals surface area contributed by atoms with Gasteiger partial charge in [0.1, 0.15) is 5.75 Å². The molecule has 1 aromatic carbocycles. The quantitative estimate of drug-likeness (QED) is 0.844. The van der Waals surface area contributed by atoms with Gasteiger partial charge < -0.3 is 14.6 Å². The van der Waals surface area contributed by atoms with E-state index in [4.69, 9.17) is 4.74 Å². The lowest BCUT2D eigenvalue weighted by Crippen LogP contribution is -2.19. The van der Waals surface area contributed by atoms with Crippen molar-refractivity contribution in [2.75, 3.05) is 13.7 Å². The van der Waals surface area contributed by atoms with Crippen LogP contribution < -0.4 is 4.74 Å². The summed E-state index contributed by atoms with van der Waals surface area (Å²) in [6.45, 7) is 0.720. The molecule has 1 atom stereocenters. The van der Waals surface area contributed by atoms with Crippen LogP contribution in [0.4, 0.5) is 0 Å². The third kappa shape index (κ3) is 3.48. The highest BCUT2D eigenvalue weighted by Gasteiger charge is 2.20. The number of hydrogen-bond donors (Lipinski definition) is 1. The lowest BCUT2D eigenvalue weighted by molar-refractivity contribution is -0.150. The molecule has 1 aliphatic rings. The second kappa shape index (κ2) is 6.39. The molecule has 0 bridgehead atoms. The summed E-state index contributed by atoms with van der Waals surface area (Å²) in [6.07, 6.45) is 2.49.